The smallest absolute Gasteiger partial charge is 0.383 e. The zero-order valence-corrected chi connectivity index (χ0v) is 11.9. The van der Waals surface area contributed by atoms with Crippen molar-refractivity contribution in [1.29, 1.82) is 0 Å². The summed E-state index contributed by atoms with van der Waals surface area (Å²) in [5.41, 5.74) is 4.84. The largest absolute Gasteiger partial charge is 0.417 e. The van der Waals surface area contributed by atoms with E-state index in [1.54, 1.807) is 0 Å². The third kappa shape index (κ3) is 2.95. The predicted molar refractivity (Wildman–Crippen MR) is 74.1 cm³/mol. The number of benzene rings is 1. The Labute approximate surface area is 127 Å². The van der Waals surface area contributed by atoms with Crippen LogP contribution < -0.4 is 5.73 Å². The highest BCUT2D eigenvalue weighted by Crippen LogP contribution is 2.41. The van der Waals surface area contributed by atoms with Crippen LogP contribution in [0.3, 0.4) is 0 Å². The van der Waals surface area contributed by atoms with E-state index in [1.165, 1.54) is 12.1 Å². The van der Waals surface area contributed by atoms with Gasteiger partial charge in [0.25, 0.3) is 0 Å². The number of anilines is 1. The van der Waals surface area contributed by atoms with E-state index in [0.29, 0.717) is 6.20 Å². The first kappa shape index (κ1) is 15.2. The Morgan fingerprint density at radius 2 is 1.55 bits per heavy atom. The van der Waals surface area contributed by atoms with Crippen LogP contribution in [0.2, 0.25) is 15.1 Å². The topological polar surface area (TPSA) is 38.9 Å². The number of nitrogen functional groups attached to an aromatic ring is 1. The Hall–Kier alpha value is -1.17. The molecule has 0 aliphatic carbocycles. The van der Waals surface area contributed by atoms with Crippen molar-refractivity contribution < 1.29 is 13.2 Å². The van der Waals surface area contributed by atoms with Gasteiger partial charge in [0, 0.05) is 22.3 Å². The van der Waals surface area contributed by atoms with Gasteiger partial charge >= 0.3 is 6.18 Å². The molecule has 2 nitrogen and oxygen atoms in total. The van der Waals surface area contributed by atoms with E-state index in [-0.39, 0.29) is 32.0 Å². The molecule has 1 aromatic heterocycles. The van der Waals surface area contributed by atoms with Gasteiger partial charge in [0.15, 0.2) is 0 Å². The second-order valence-corrected chi connectivity index (χ2v) is 5.15. The molecule has 0 unspecified atom stereocenters. The fraction of sp³-hybridized carbons (Fsp3) is 0.0833. The zero-order valence-electron chi connectivity index (χ0n) is 9.60. The molecular weight excluding hydrogens is 335 g/mol. The number of nitrogens with zero attached hydrogens (tertiary/aromatic N) is 1. The molecule has 20 heavy (non-hydrogen) atoms. The molecule has 0 saturated carbocycles. The average Bonchev–Trinajstić information content (AvgIpc) is 2.28. The fourth-order valence-corrected chi connectivity index (χ4v) is 2.65. The molecule has 0 amide bonds. The first-order valence-corrected chi connectivity index (χ1v) is 6.31. The van der Waals surface area contributed by atoms with Gasteiger partial charge in [0.1, 0.15) is 5.82 Å². The summed E-state index contributed by atoms with van der Waals surface area (Å²) >= 11 is 17.7. The van der Waals surface area contributed by atoms with Crippen LogP contribution in [0.25, 0.3) is 11.1 Å². The van der Waals surface area contributed by atoms with Crippen LogP contribution in [0.1, 0.15) is 5.56 Å². The summed E-state index contributed by atoms with van der Waals surface area (Å²) in [6.45, 7) is 0. The normalized spacial score (nSPS) is 11.7. The van der Waals surface area contributed by atoms with Gasteiger partial charge in [-0.1, -0.05) is 34.8 Å². The minimum absolute atomic E-state index is 0.00601. The summed E-state index contributed by atoms with van der Waals surface area (Å²) in [5, 5.41) is 0.452. The van der Waals surface area contributed by atoms with Crippen LogP contribution in [-0.2, 0) is 6.18 Å². The molecule has 1 heterocycles. The molecule has 0 radical (unpaired) electrons. The zero-order chi connectivity index (χ0) is 15.1. The van der Waals surface area contributed by atoms with Crippen LogP contribution >= 0.6 is 34.8 Å². The Morgan fingerprint density at radius 1 is 1.00 bits per heavy atom. The lowest BCUT2D eigenvalue weighted by Gasteiger charge is -2.13. The number of rotatable bonds is 1. The van der Waals surface area contributed by atoms with Crippen LogP contribution in [-0.4, -0.2) is 4.98 Å². The van der Waals surface area contributed by atoms with Crippen molar-refractivity contribution in [1.82, 2.24) is 4.98 Å². The highest BCUT2D eigenvalue weighted by atomic mass is 35.5. The summed E-state index contributed by atoms with van der Waals surface area (Å²) < 4.78 is 38.1. The van der Waals surface area contributed by atoms with Gasteiger partial charge in [-0.05, 0) is 18.2 Å². The number of hydrogen-bond donors (Lipinski definition) is 1. The maximum atomic E-state index is 12.7. The minimum atomic E-state index is -4.54. The second-order valence-electron chi connectivity index (χ2n) is 3.90. The standard InChI is InChI=1S/C12H6Cl3F3N2/c13-6-2-8(14)10(9(15)3-6)7-1-5(12(16,17)18)4-20-11(7)19/h1-4H,(H2,19,20). The summed E-state index contributed by atoms with van der Waals surface area (Å²) in [5.74, 6) is -0.107. The molecule has 2 rings (SSSR count). The van der Waals surface area contributed by atoms with Crippen LogP contribution in [0.5, 0.6) is 0 Å². The molecule has 8 heteroatoms. The van der Waals surface area contributed by atoms with E-state index in [9.17, 15) is 13.2 Å². The lowest BCUT2D eigenvalue weighted by molar-refractivity contribution is -0.137. The summed E-state index contributed by atoms with van der Waals surface area (Å²) in [6, 6.07) is 3.58. The van der Waals surface area contributed by atoms with Gasteiger partial charge in [-0.25, -0.2) is 4.98 Å². The molecule has 0 bridgehead atoms. The van der Waals surface area contributed by atoms with Gasteiger partial charge in [0.2, 0.25) is 0 Å². The summed E-state index contributed by atoms with van der Waals surface area (Å²) in [4.78, 5) is 3.53. The van der Waals surface area contributed by atoms with Crippen LogP contribution in [0, 0.1) is 0 Å². The summed E-state index contributed by atoms with van der Waals surface area (Å²) in [6.07, 6.45) is -3.89. The van der Waals surface area contributed by atoms with E-state index in [0.717, 1.165) is 6.07 Å². The van der Waals surface area contributed by atoms with E-state index in [1.807, 2.05) is 0 Å². The third-order valence-electron chi connectivity index (χ3n) is 2.52. The van der Waals surface area contributed by atoms with Gasteiger partial charge in [0.05, 0.1) is 15.6 Å². The molecular formula is C12H6Cl3F3N2. The number of hydrogen-bond acceptors (Lipinski definition) is 2. The maximum absolute atomic E-state index is 12.7. The Kier molecular flexibility index (Phi) is 4.04. The molecule has 1 aromatic carbocycles. The van der Waals surface area contributed by atoms with Crippen molar-refractivity contribution in [3.05, 3.63) is 45.0 Å². The Balaban J connectivity index is 2.70. The van der Waals surface area contributed by atoms with Crippen LogP contribution in [0.15, 0.2) is 24.4 Å². The minimum Gasteiger partial charge on any atom is -0.383 e. The highest BCUT2D eigenvalue weighted by molar-refractivity contribution is 6.42. The lowest BCUT2D eigenvalue weighted by Crippen LogP contribution is -2.07. The lowest BCUT2D eigenvalue weighted by atomic mass is 10.0. The van der Waals surface area contributed by atoms with Crippen molar-refractivity contribution >= 4 is 40.6 Å². The number of halogens is 6. The van der Waals surface area contributed by atoms with Gasteiger partial charge in [-0.15, -0.1) is 0 Å². The Morgan fingerprint density at radius 3 is 2.05 bits per heavy atom. The molecule has 2 aromatic rings. The van der Waals surface area contributed by atoms with Gasteiger partial charge in [-0.3, -0.25) is 0 Å². The number of aromatic nitrogens is 1. The average molecular weight is 342 g/mol. The molecule has 0 aliphatic heterocycles. The SMILES string of the molecule is Nc1ncc(C(F)(F)F)cc1-c1c(Cl)cc(Cl)cc1Cl. The van der Waals surface area contributed by atoms with Crippen LogP contribution in [0.4, 0.5) is 19.0 Å². The van der Waals surface area contributed by atoms with Crippen molar-refractivity contribution in [3.8, 4) is 11.1 Å². The molecule has 0 spiro atoms. The van der Waals surface area contributed by atoms with E-state index < -0.39 is 11.7 Å². The van der Waals surface area contributed by atoms with Crippen molar-refractivity contribution in [2.75, 3.05) is 5.73 Å². The summed E-state index contributed by atoms with van der Waals surface area (Å²) in [7, 11) is 0. The first-order valence-electron chi connectivity index (χ1n) is 5.18. The molecule has 0 aliphatic rings. The highest BCUT2D eigenvalue weighted by Gasteiger charge is 2.32. The first-order chi connectivity index (χ1) is 9.20. The van der Waals surface area contributed by atoms with E-state index in [4.69, 9.17) is 40.5 Å². The molecule has 0 saturated heterocycles. The fourth-order valence-electron chi connectivity index (χ4n) is 1.63. The second kappa shape index (κ2) is 5.31. The van der Waals surface area contributed by atoms with E-state index >= 15 is 0 Å². The van der Waals surface area contributed by atoms with Crippen molar-refractivity contribution in [2.45, 2.75) is 6.18 Å². The van der Waals surface area contributed by atoms with Crippen molar-refractivity contribution in [2.24, 2.45) is 0 Å². The monoisotopic (exact) mass is 340 g/mol. The number of nitrogens with two attached hydrogens (primary N) is 1. The van der Waals surface area contributed by atoms with E-state index in [2.05, 4.69) is 4.98 Å². The Bertz CT molecular complexity index is 648. The quantitative estimate of drug-likeness (QED) is 0.763. The molecule has 2 N–H and O–H groups in total. The predicted octanol–water partition coefficient (Wildman–Crippen LogP) is 5.31. The number of alkyl halides is 3. The van der Waals surface area contributed by atoms with Gasteiger partial charge in [-0.2, -0.15) is 13.2 Å². The molecule has 106 valence electrons. The number of pyridine rings is 1. The molecule has 0 atom stereocenters. The third-order valence-corrected chi connectivity index (χ3v) is 3.34. The maximum Gasteiger partial charge on any atom is 0.417 e. The van der Waals surface area contributed by atoms with Gasteiger partial charge < -0.3 is 5.73 Å². The molecule has 0 fully saturated rings. The van der Waals surface area contributed by atoms with Crippen molar-refractivity contribution in [3.63, 3.8) is 0 Å².